The zero-order chi connectivity index (χ0) is 18.6. The lowest BCUT2D eigenvalue weighted by molar-refractivity contribution is -0.141. The van der Waals surface area contributed by atoms with Gasteiger partial charge in [0.05, 0.1) is 15.7 Å². The number of hydrogen-bond acceptors (Lipinski definition) is 7. The zero-order valence-electron chi connectivity index (χ0n) is 12.7. The van der Waals surface area contributed by atoms with Crippen molar-refractivity contribution in [3.8, 4) is 17.5 Å². The largest absolute Gasteiger partial charge is 0.487 e. The summed E-state index contributed by atoms with van der Waals surface area (Å²) in [7, 11) is 0. The maximum Gasteiger partial charge on any atom is 0.349 e. The Bertz CT molecular complexity index is 953. The van der Waals surface area contributed by atoms with Gasteiger partial charge in [0.25, 0.3) is 5.56 Å². The molecule has 11 heteroatoms. The summed E-state index contributed by atoms with van der Waals surface area (Å²) in [5.74, 6) is -0.329. The van der Waals surface area contributed by atoms with E-state index in [0.717, 1.165) is 4.68 Å². The van der Waals surface area contributed by atoms with Crippen LogP contribution in [0.4, 0.5) is 0 Å². The number of esters is 1. The molecule has 25 heavy (non-hydrogen) atoms. The Hall–Kier alpha value is -2.83. The van der Waals surface area contributed by atoms with E-state index in [9.17, 15) is 14.4 Å². The molecular weight excluding hydrogens is 375 g/mol. The zero-order valence-corrected chi connectivity index (χ0v) is 14.2. The molecule has 2 rings (SSSR count). The summed E-state index contributed by atoms with van der Waals surface area (Å²) in [5.41, 5.74) is -2.13. The van der Waals surface area contributed by atoms with Crippen LogP contribution in [0, 0.1) is 11.3 Å². The number of carbonyl (C=O) groups is 1. The van der Waals surface area contributed by atoms with Crippen LogP contribution in [0.2, 0.25) is 10.0 Å². The van der Waals surface area contributed by atoms with Gasteiger partial charge in [0.15, 0.2) is 5.75 Å². The van der Waals surface area contributed by atoms with E-state index in [1.807, 2.05) is 4.98 Å². The van der Waals surface area contributed by atoms with E-state index >= 15 is 0 Å². The van der Waals surface area contributed by atoms with Crippen molar-refractivity contribution in [3.05, 3.63) is 48.7 Å². The van der Waals surface area contributed by atoms with Gasteiger partial charge in [0.2, 0.25) is 5.69 Å². The molecule has 1 aromatic carbocycles. The molecule has 1 N–H and O–H groups in total. The van der Waals surface area contributed by atoms with Crippen molar-refractivity contribution in [2.24, 2.45) is 0 Å². The maximum absolute atomic E-state index is 11.9. The summed E-state index contributed by atoms with van der Waals surface area (Å²) in [6, 6.07) is 4.21. The number of rotatable bonds is 5. The number of nitriles is 1. The van der Waals surface area contributed by atoms with Crippen LogP contribution >= 0.6 is 23.2 Å². The number of carbonyl (C=O) groups excluding carboxylic acids is 1. The van der Waals surface area contributed by atoms with E-state index in [0.29, 0.717) is 0 Å². The average Bonchev–Trinajstić information content (AvgIpc) is 2.53. The van der Waals surface area contributed by atoms with Crippen molar-refractivity contribution < 1.29 is 14.3 Å². The molecule has 9 nitrogen and oxygen atoms in total. The molecule has 0 spiro atoms. The number of ether oxygens (including phenoxy) is 2. The monoisotopic (exact) mass is 384 g/mol. The van der Waals surface area contributed by atoms with E-state index in [-0.39, 0.29) is 34.7 Å². The van der Waals surface area contributed by atoms with Gasteiger partial charge in [-0.15, -0.1) is 5.10 Å². The van der Waals surface area contributed by atoms with Gasteiger partial charge in [-0.1, -0.05) is 23.2 Å². The SMILES string of the molecule is CC(=O)OCCOc1c(Cl)cc(-n2nc(C#N)c(=O)[nH]c2=O)cc1Cl. The van der Waals surface area contributed by atoms with Crippen LogP contribution < -0.4 is 16.0 Å². The third-order valence-corrected chi connectivity index (χ3v) is 3.36. The van der Waals surface area contributed by atoms with Gasteiger partial charge in [-0.25, -0.2) is 4.79 Å². The highest BCUT2D eigenvalue weighted by molar-refractivity contribution is 6.37. The molecule has 0 amide bonds. The predicted octanol–water partition coefficient (Wildman–Crippen LogP) is 1.04. The topological polar surface area (TPSA) is 127 Å². The first-order valence-corrected chi connectivity index (χ1v) is 7.48. The smallest absolute Gasteiger partial charge is 0.349 e. The molecule has 130 valence electrons. The lowest BCUT2D eigenvalue weighted by Crippen LogP contribution is -2.33. The van der Waals surface area contributed by atoms with Crippen molar-refractivity contribution in [1.29, 1.82) is 5.26 Å². The standard InChI is InChI=1S/C14H10Cl2N4O5/c1-7(21)24-2-3-25-12-9(15)4-8(5-10(12)16)20-14(23)18-13(22)11(6-17)19-20/h4-5H,2-3H2,1H3,(H,18,22,23). The second-order valence-corrected chi connectivity index (χ2v) is 5.37. The Morgan fingerprint density at radius 3 is 2.52 bits per heavy atom. The molecule has 0 bridgehead atoms. The van der Waals surface area contributed by atoms with Gasteiger partial charge in [-0.2, -0.15) is 9.94 Å². The van der Waals surface area contributed by atoms with Crippen molar-refractivity contribution in [2.45, 2.75) is 6.92 Å². The minimum atomic E-state index is -0.897. The highest BCUT2D eigenvalue weighted by atomic mass is 35.5. The van der Waals surface area contributed by atoms with E-state index in [4.69, 9.17) is 37.9 Å². The third-order valence-electron chi connectivity index (χ3n) is 2.80. The summed E-state index contributed by atoms with van der Waals surface area (Å²) in [6.07, 6.45) is 0. The summed E-state index contributed by atoms with van der Waals surface area (Å²) in [5, 5.41) is 12.6. The fourth-order valence-electron chi connectivity index (χ4n) is 1.78. The second kappa shape index (κ2) is 7.83. The Kier molecular flexibility index (Phi) is 5.80. The highest BCUT2D eigenvalue weighted by Crippen LogP contribution is 2.34. The minimum absolute atomic E-state index is 0.0101. The normalized spacial score (nSPS) is 10.2. The number of H-pyrrole nitrogens is 1. The molecule has 0 saturated carbocycles. The molecule has 0 atom stereocenters. The van der Waals surface area contributed by atoms with Gasteiger partial charge in [0, 0.05) is 6.92 Å². The molecule has 2 aromatic rings. The molecule has 0 fully saturated rings. The number of nitrogens with zero attached hydrogens (tertiary/aromatic N) is 3. The molecule has 1 aromatic heterocycles. The number of hydrogen-bond donors (Lipinski definition) is 1. The summed E-state index contributed by atoms with van der Waals surface area (Å²) < 4.78 is 10.8. The second-order valence-electron chi connectivity index (χ2n) is 4.56. The Labute approximate surface area is 150 Å². The molecule has 0 radical (unpaired) electrons. The van der Waals surface area contributed by atoms with Crippen molar-refractivity contribution in [2.75, 3.05) is 13.2 Å². The van der Waals surface area contributed by atoms with Crippen LogP contribution in [0.25, 0.3) is 5.69 Å². The Morgan fingerprint density at radius 2 is 1.96 bits per heavy atom. The number of aromatic amines is 1. The summed E-state index contributed by atoms with van der Waals surface area (Å²) in [6.45, 7) is 1.29. The molecule has 0 aliphatic heterocycles. The number of halogens is 2. The third kappa shape index (κ3) is 4.37. The predicted molar refractivity (Wildman–Crippen MR) is 87.3 cm³/mol. The maximum atomic E-state index is 11.9. The summed E-state index contributed by atoms with van der Waals surface area (Å²) in [4.78, 5) is 35.9. The minimum Gasteiger partial charge on any atom is -0.487 e. The van der Waals surface area contributed by atoms with Crippen LogP contribution in [0.5, 0.6) is 5.75 Å². The van der Waals surface area contributed by atoms with Crippen LogP contribution in [0.3, 0.4) is 0 Å². The lowest BCUT2D eigenvalue weighted by atomic mass is 10.3. The first-order valence-electron chi connectivity index (χ1n) is 6.73. The van der Waals surface area contributed by atoms with Crippen LogP contribution in [-0.2, 0) is 9.53 Å². The van der Waals surface area contributed by atoms with E-state index in [2.05, 4.69) is 5.10 Å². The Balaban J connectivity index is 2.34. The first kappa shape index (κ1) is 18.5. The fourth-order valence-corrected chi connectivity index (χ4v) is 2.37. The quantitative estimate of drug-likeness (QED) is 0.602. The summed E-state index contributed by atoms with van der Waals surface area (Å²) >= 11 is 12.2. The molecule has 0 aliphatic carbocycles. The number of nitrogens with one attached hydrogen (secondary N) is 1. The Morgan fingerprint density at radius 1 is 1.32 bits per heavy atom. The van der Waals surface area contributed by atoms with Gasteiger partial charge in [0.1, 0.15) is 19.3 Å². The fraction of sp³-hybridized carbons (Fsp3) is 0.214. The van der Waals surface area contributed by atoms with Gasteiger partial charge < -0.3 is 9.47 Å². The van der Waals surface area contributed by atoms with Crippen LogP contribution in [0.1, 0.15) is 12.6 Å². The van der Waals surface area contributed by atoms with Crippen molar-refractivity contribution >= 4 is 29.2 Å². The molecule has 0 unspecified atom stereocenters. The van der Waals surface area contributed by atoms with E-state index in [1.54, 1.807) is 6.07 Å². The highest BCUT2D eigenvalue weighted by Gasteiger charge is 2.14. The molecular formula is C14H10Cl2N4O5. The van der Waals surface area contributed by atoms with Crippen molar-refractivity contribution in [3.63, 3.8) is 0 Å². The lowest BCUT2D eigenvalue weighted by Gasteiger charge is -2.12. The molecule has 1 heterocycles. The average molecular weight is 385 g/mol. The molecule has 0 saturated heterocycles. The van der Waals surface area contributed by atoms with Crippen molar-refractivity contribution in [1.82, 2.24) is 14.8 Å². The first-order chi connectivity index (χ1) is 11.8. The van der Waals surface area contributed by atoms with Gasteiger partial charge in [-0.05, 0) is 12.1 Å². The van der Waals surface area contributed by atoms with Crippen LogP contribution in [0.15, 0.2) is 21.7 Å². The van der Waals surface area contributed by atoms with Gasteiger partial charge >= 0.3 is 11.7 Å². The van der Waals surface area contributed by atoms with E-state index in [1.165, 1.54) is 19.1 Å². The van der Waals surface area contributed by atoms with Gasteiger partial charge in [-0.3, -0.25) is 14.6 Å². The number of aromatic nitrogens is 3. The number of benzene rings is 1. The van der Waals surface area contributed by atoms with E-state index < -0.39 is 22.9 Å². The van der Waals surface area contributed by atoms with Crippen LogP contribution in [-0.4, -0.2) is 33.9 Å². The molecule has 0 aliphatic rings.